The van der Waals surface area contributed by atoms with E-state index >= 15 is 0 Å². The summed E-state index contributed by atoms with van der Waals surface area (Å²) in [6.07, 6.45) is 1.73. The van der Waals surface area contributed by atoms with E-state index in [1.165, 1.54) is 17.3 Å². The van der Waals surface area contributed by atoms with E-state index in [1.807, 2.05) is 38.1 Å². The number of nitrogens with one attached hydrogen (secondary N) is 1. The second-order valence-electron chi connectivity index (χ2n) is 4.91. The third-order valence-electron chi connectivity index (χ3n) is 3.09. The molecule has 4 nitrogen and oxygen atoms in total. The van der Waals surface area contributed by atoms with Crippen LogP contribution in [0.2, 0.25) is 0 Å². The molecular formula is C16H13IN2O2S. The van der Waals surface area contributed by atoms with Crippen molar-refractivity contribution in [3.8, 4) is 0 Å². The van der Waals surface area contributed by atoms with Gasteiger partial charge in [-0.2, -0.15) is 0 Å². The maximum atomic E-state index is 12.0. The number of benzene rings is 1. The van der Waals surface area contributed by atoms with Gasteiger partial charge in [-0.3, -0.25) is 4.79 Å². The van der Waals surface area contributed by atoms with Crippen LogP contribution < -0.4 is 5.32 Å². The van der Waals surface area contributed by atoms with Crippen LogP contribution in [0.15, 0.2) is 44.6 Å². The monoisotopic (exact) mass is 424 g/mol. The summed E-state index contributed by atoms with van der Waals surface area (Å²) in [7, 11) is 0. The van der Waals surface area contributed by atoms with Gasteiger partial charge in [-0.25, -0.2) is 4.99 Å². The lowest BCUT2D eigenvalue weighted by Crippen LogP contribution is -2.19. The van der Waals surface area contributed by atoms with Gasteiger partial charge in [0.2, 0.25) is 0 Å². The molecule has 0 saturated carbocycles. The van der Waals surface area contributed by atoms with E-state index < -0.39 is 0 Å². The second-order valence-corrected chi connectivity index (χ2v) is 7.01. The molecule has 2 heterocycles. The van der Waals surface area contributed by atoms with E-state index in [4.69, 9.17) is 4.42 Å². The molecule has 3 rings (SSSR count). The van der Waals surface area contributed by atoms with Crippen molar-refractivity contribution in [3.63, 3.8) is 0 Å². The number of amides is 1. The Morgan fingerprint density at radius 2 is 2.09 bits per heavy atom. The van der Waals surface area contributed by atoms with Crippen molar-refractivity contribution in [2.24, 2.45) is 4.99 Å². The molecule has 1 fully saturated rings. The largest absolute Gasteiger partial charge is 0.451 e. The van der Waals surface area contributed by atoms with Crippen LogP contribution in [0.5, 0.6) is 0 Å². The molecule has 2 aromatic rings. The molecule has 1 aromatic carbocycles. The van der Waals surface area contributed by atoms with E-state index in [0.29, 0.717) is 15.8 Å². The predicted molar refractivity (Wildman–Crippen MR) is 98.1 cm³/mol. The molecule has 1 aliphatic rings. The number of aliphatic imine (C=N–C) groups is 1. The van der Waals surface area contributed by atoms with Crippen molar-refractivity contribution in [1.82, 2.24) is 5.32 Å². The maximum Gasteiger partial charge on any atom is 0.264 e. The Kier molecular flexibility index (Phi) is 4.39. The van der Waals surface area contributed by atoms with E-state index in [-0.39, 0.29) is 5.91 Å². The van der Waals surface area contributed by atoms with Crippen LogP contribution in [-0.2, 0) is 4.79 Å². The molecule has 112 valence electrons. The summed E-state index contributed by atoms with van der Waals surface area (Å²) >= 11 is 3.41. The van der Waals surface area contributed by atoms with Gasteiger partial charge in [0.05, 0.1) is 10.6 Å². The normalized spacial score (nSPS) is 18.2. The Balaban J connectivity index is 1.85. The summed E-state index contributed by atoms with van der Waals surface area (Å²) in [5.74, 6) is 0.509. The summed E-state index contributed by atoms with van der Waals surface area (Å²) < 4.78 is 6.25. The number of aryl methyl sites for hydroxylation is 2. The van der Waals surface area contributed by atoms with Crippen molar-refractivity contribution >= 4 is 57.2 Å². The number of rotatable bonds is 2. The minimum atomic E-state index is -0.153. The Labute approximate surface area is 146 Å². The lowest BCUT2D eigenvalue weighted by atomic mass is 10.1. The van der Waals surface area contributed by atoms with Crippen LogP contribution >= 0.6 is 34.4 Å². The number of thioether (sulfide) groups is 1. The fourth-order valence-electron chi connectivity index (χ4n) is 2.06. The Morgan fingerprint density at radius 1 is 1.27 bits per heavy atom. The van der Waals surface area contributed by atoms with Crippen molar-refractivity contribution < 1.29 is 9.21 Å². The fourth-order valence-corrected chi connectivity index (χ4v) is 3.30. The van der Waals surface area contributed by atoms with E-state index in [1.54, 1.807) is 6.08 Å². The molecule has 1 aliphatic heterocycles. The van der Waals surface area contributed by atoms with Crippen LogP contribution in [0.3, 0.4) is 0 Å². The van der Waals surface area contributed by atoms with Crippen LogP contribution in [0.4, 0.5) is 5.69 Å². The highest BCUT2D eigenvalue weighted by atomic mass is 127. The highest BCUT2D eigenvalue weighted by molar-refractivity contribution is 14.1. The predicted octanol–water partition coefficient (Wildman–Crippen LogP) is 4.39. The molecule has 1 N–H and O–H groups in total. The minimum absolute atomic E-state index is 0.153. The highest BCUT2D eigenvalue weighted by Gasteiger charge is 2.24. The summed E-state index contributed by atoms with van der Waals surface area (Å²) in [5, 5.41) is 3.37. The van der Waals surface area contributed by atoms with Gasteiger partial charge in [0.25, 0.3) is 5.91 Å². The topological polar surface area (TPSA) is 54.6 Å². The summed E-state index contributed by atoms with van der Waals surface area (Å²) in [4.78, 5) is 17.1. The molecular weight excluding hydrogens is 411 g/mol. The summed E-state index contributed by atoms with van der Waals surface area (Å²) in [6, 6.07) is 9.73. The molecule has 1 amide bonds. The lowest BCUT2D eigenvalue weighted by Gasteiger charge is -2.02. The molecule has 0 atom stereocenters. The third kappa shape index (κ3) is 3.44. The quantitative estimate of drug-likeness (QED) is 0.575. The molecule has 1 saturated heterocycles. The van der Waals surface area contributed by atoms with Gasteiger partial charge < -0.3 is 9.73 Å². The summed E-state index contributed by atoms with van der Waals surface area (Å²) in [5.41, 5.74) is 3.14. The van der Waals surface area contributed by atoms with Gasteiger partial charge in [-0.1, -0.05) is 17.7 Å². The van der Waals surface area contributed by atoms with Crippen LogP contribution in [-0.4, -0.2) is 11.1 Å². The van der Waals surface area contributed by atoms with Gasteiger partial charge in [0, 0.05) is 6.08 Å². The van der Waals surface area contributed by atoms with E-state index in [9.17, 15) is 4.79 Å². The number of carbonyl (C=O) groups excluding carboxylic acids is 1. The first-order chi connectivity index (χ1) is 10.5. The maximum absolute atomic E-state index is 12.0. The van der Waals surface area contributed by atoms with Gasteiger partial charge in [0.1, 0.15) is 5.76 Å². The Hall–Kier alpha value is -1.54. The van der Waals surface area contributed by atoms with Crippen molar-refractivity contribution in [1.29, 1.82) is 0 Å². The highest BCUT2D eigenvalue weighted by Crippen LogP contribution is 2.29. The first-order valence-corrected chi connectivity index (χ1v) is 8.53. The van der Waals surface area contributed by atoms with Crippen LogP contribution in [0, 0.1) is 17.6 Å². The SMILES string of the molecule is Cc1ccc(N=C2NC(=O)/C(=C\c3ccc(I)o3)S2)c(C)c1. The number of amidine groups is 1. The second kappa shape index (κ2) is 6.29. The number of hydrogen-bond acceptors (Lipinski definition) is 4. The van der Waals surface area contributed by atoms with Crippen LogP contribution in [0.25, 0.3) is 6.08 Å². The van der Waals surface area contributed by atoms with Gasteiger partial charge >= 0.3 is 0 Å². The van der Waals surface area contributed by atoms with Gasteiger partial charge in [-0.05, 0) is 72.0 Å². The zero-order valence-electron chi connectivity index (χ0n) is 12.0. The Morgan fingerprint density at radius 3 is 2.77 bits per heavy atom. The number of hydrogen-bond donors (Lipinski definition) is 1. The van der Waals surface area contributed by atoms with Crippen molar-refractivity contribution in [3.05, 3.63) is 55.9 Å². The zero-order chi connectivity index (χ0) is 15.7. The van der Waals surface area contributed by atoms with Crippen molar-refractivity contribution in [2.75, 3.05) is 0 Å². The molecule has 22 heavy (non-hydrogen) atoms. The Bertz CT molecular complexity index is 808. The average Bonchev–Trinajstić information content (AvgIpc) is 3.00. The van der Waals surface area contributed by atoms with Crippen molar-refractivity contribution in [2.45, 2.75) is 13.8 Å². The van der Waals surface area contributed by atoms with E-state index in [2.05, 4.69) is 39.0 Å². The zero-order valence-corrected chi connectivity index (χ0v) is 15.0. The standard InChI is InChI=1S/C16H13IN2O2S/c1-9-3-5-12(10(2)7-9)18-16-19-15(20)13(22-16)8-11-4-6-14(17)21-11/h3-8H,1-2H3,(H,18,19,20)/b13-8+. The molecule has 0 bridgehead atoms. The number of carbonyl (C=O) groups is 1. The first-order valence-electron chi connectivity index (χ1n) is 6.63. The summed E-state index contributed by atoms with van der Waals surface area (Å²) in [6.45, 7) is 4.05. The lowest BCUT2D eigenvalue weighted by molar-refractivity contribution is -0.115. The van der Waals surface area contributed by atoms with Gasteiger partial charge in [-0.15, -0.1) is 0 Å². The first kappa shape index (κ1) is 15.4. The molecule has 0 radical (unpaired) electrons. The smallest absolute Gasteiger partial charge is 0.264 e. The molecule has 1 aromatic heterocycles. The minimum Gasteiger partial charge on any atom is -0.451 e. The molecule has 0 spiro atoms. The van der Waals surface area contributed by atoms with E-state index in [0.717, 1.165) is 15.0 Å². The third-order valence-corrected chi connectivity index (χ3v) is 4.58. The molecule has 6 heteroatoms. The molecule has 0 unspecified atom stereocenters. The number of halogens is 1. The number of nitrogens with zero attached hydrogens (tertiary/aromatic N) is 1. The van der Waals surface area contributed by atoms with Gasteiger partial charge in [0.15, 0.2) is 8.93 Å². The number of furan rings is 1. The van der Waals surface area contributed by atoms with Crippen LogP contribution in [0.1, 0.15) is 16.9 Å². The fraction of sp³-hybridized carbons (Fsp3) is 0.125. The average molecular weight is 424 g/mol. The molecule has 0 aliphatic carbocycles.